The van der Waals surface area contributed by atoms with Gasteiger partial charge in [-0.15, -0.1) is 4.91 Å². The van der Waals surface area contributed by atoms with E-state index in [1.54, 1.807) is 0 Å². The van der Waals surface area contributed by atoms with Crippen molar-refractivity contribution in [1.82, 2.24) is 0 Å². The highest BCUT2D eigenvalue weighted by Gasteiger charge is 2.00. The summed E-state index contributed by atoms with van der Waals surface area (Å²) in [6, 6.07) is 4.18. The highest BCUT2D eigenvalue weighted by atomic mass is 16.5. The number of benzene rings is 1. The second kappa shape index (κ2) is 3.01. The van der Waals surface area contributed by atoms with Crippen molar-refractivity contribution < 1.29 is 9.84 Å². The van der Waals surface area contributed by atoms with Crippen LogP contribution in [0.2, 0.25) is 0 Å². The fourth-order valence-electron chi connectivity index (χ4n) is 0.735. The van der Waals surface area contributed by atoms with E-state index < -0.39 is 0 Å². The summed E-state index contributed by atoms with van der Waals surface area (Å²) < 4.78 is 4.75. The first-order valence-corrected chi connectivity index (χ1v) is 2.98. The lowest BCUT2D eigenvalue weighted by molar-refractivity contribution is 0.373. The van der Waals surface area contributed by atoms with Gasteiger partial charge in [-0.25, -0.2) is 0 Å². The zero-order valence-corrected chi connectivity index (χ0v) is 5.94. The van der Waals surface area contributed by atoms with Gasteiger partial charge in [0.15, 0.2) is 11.5 Å². The van der Waals surface area contributed by atoms with Gasteiger partial charge in [-0.3, -0.25) is 0 Å². The third-order valence-corrected chi connectivity index (χ3v) is 1.27. The van der Waals surface area contributed by atoms with Gasteiger partial charge in [0.1, 0.15) is 5.69 Å². The minimum atomic E-state index is -0.0791. The Hall–Kier alpha value is -1.58. The van der Waals surface area contributed by atoms with Crippen LogP contribution in [0.25, 0.3) is 0 Å². The molecule has 0 aliphatic carbocycles. The Labute approximate surface area is 63.4 Å². The lowest BCUT2D eigenvalue weighted by Gasteiger charge is -2.00. The number of hydrogen-bond donors (Lipinski definition) is 1. The van der Waals surface area contributed by atoms with Crippen molar-refractivity contribution in [2.45, 2.75) is 0 Å². The largest absolute Gasteiger partial charge is 0.504 e. The van der Waals surface area contributed by atoms with Crippen LogP contribution in [0.5, 0.6) is 11.5 Å². The van der Waals surface area contributed by atoms with Crippen LogP contribution in [0.3, 0.4) is 0 Å². The molecule has 1 aromatic carbocycles. The Morgan fingerprint density at radius 1 is 1.55 bits per heavy atom. The van der Waals surface area contributed by atoms with E-state index in [1.807, 2.05) is 0 Å². The van der Waals surface area contributed by atoms with Gasteiger partial charge < -0.3 is 9.84 Å². The molecule has 0 heterocycles. The molecule has 0 fully saturated rings. The van der Waals surface area contributed by atoms with E-state index in [-0.39, 0.29) is 11.4 Å². The number of nitroso groups, excluding NO2 is 1. The SMILES string of the molecule is COc1ccc(N=O)cc1O. The number of phenols is 1. The molecule has 0 atom stereocenters. The standard InChI is InChI=1S/C7H7NO3/c1-11-7-3-2-5(8-10)4-6(7)9/h2-4,9H,1H3. The molecule has 11 heavy (non-hydrogen) atoms. The molecule has 0 unspecified atom stereocenters. The van der Waals surface area contributed by atoms with Gasteiger partial charge >= 0.3 is 0 Å². The van der Waals surface area contributed by atoms with Crippen molar-refractivity contribution in [3.8, 4) is 11.5 Å². The minimum absolute atomic E-state index is 0.0791. The van der Waals surface area contributed by atoms with Crippen LogP contribution in [0.15, 0.2) is 23.4 Å². The van der Waals surface area contributed by atoms with Gasteiger partial charge in [-0.05, 0) is 17.3 Å². The van der Waals surface area contributed by atoms with E-state index in [4.69, 9.17) is 9.84 Å². The maximum Gasteiger partial charge on any atom is 0.160 e. The van der Waals surface area contributed by atoms with E-state index in [0.717, 1.165) is 0 Å². The Morgan fingerprint density at radius 3 is 2.73 bits per heavy atom. The predicted molar refractivity (Wildman–Crippen MR) is 40.1 cm³/mol. The van der Waals surface area contributed by atoms with Crippen molar-refractivity contribution >= 4 is 5.69 Å². The number of nitrogens with zero attached hydrogens (tertiary/aromatic N) is 1. The Balaban J connectivity index is 3.09. The third-order valence-electron chi connectivity index (χ3n) is 1.27. The highest BCUT2D eigenvalue weighted by molar-refractivity contribution is 5.50. The lowest BCUT2D eigenvalue weighted by atomic mass is 10.3. The summed E-state index contributed by atoms with van der Waals surface area (Å²) in [6.45, 7) is 0. The van der Waals surface area contributed by atoms with Gasteiger partial charge in [0.25, 0.3) is 0 Å². The topological polar surface area (TPSA) is 58.9 Å². The fourth-order valence-corrected chi connectivity index (χ4v) is 0.735. The number of rotatable bonds is 2. The molecule has 0 saturated carbocycles. The van der Waals surface area contributed by atoms with Crippen LogP contribution in [0.1, 0.15) is 0 Å². The summed E-state index contributed by atoms with van der Waals surface area (Å²) in [5.41, 5.74) is 0.184. The number of phenolic OH excluding ortho intramolecular Hbond substituents is 1. The van der Waals surface area contributed by atoms with E-state index in [9.17, 15) is 4.91 Å². The molecule has 58 valence electrons. The average Bonchev–Trinajstić information content (AvgIpc) is 2.04. The zero-order chi connectivity index (χ0) is 8.27. The number of hydrogen-bond acceptors (Lipinski definition) is 4. The normalized spacial score (nSPS) is 9.18. The third kappa shape index (κ3) is 1.46. The van der Waals surface area contributed by atoms with E-state index in [0.29, 0.717) is 5.75 Å². The molecular formula is C7H7NO3. The maximum atomic E-state index is 9.96. The summed E-state index contributed by atoms with van der Waals surface area (Å²) in [6.07, 6.45) is 0. The van der Waals surface area contributed by atoms with Crippen LogP contribution >= 0.6 is 0 Å². The molecule has 4 nitrogen and oxygen atoms in total. The first kappa shape index (κ1) is 7.53. The molecule has 0 bridgehead atoms. The zero-order valence-electron chi connectivity index (χ0n) is 5.94. The first-order chi connectivity index (χ1) is 5.27. The molecular weight excluding hydrogens is 146 g/mol. The molecule has 4 heteroatoms. The maximum absolute atomic E-state index is 9.96. The van der Waals surface area contributed by atoms with Gasteiger partial charge in [0.05, 0.1) is 7.11 Å². The van der Waals surface area contributed by atoms with Crippen LogP contribution < -0.4 is 4.74 Å². The number of aromatic hydroxyl groups is 1. The van der Waals surface area contributed by atoms with Gasteiger partial charge in [-0.2, -0.15) is 0 Å². The van der Waals surface area contributed by atoms with E-state index >= 15 is 0 Å². The molecule has 1 aromatic rings. The molecule has 1 rings (SSSR count). The monoisotopic (exact) mass is 153 g/mol. The van der Waals surface area contributed by atoms with Crippen LogP contribution in [0, 0.1) is 4.91 Å². The summed E-state index contributed by atoms with van der Waals surface area (Å²) in [5.74, 6) is 0.252. The average molecular weight is 153 g/mol. The number of ether oxygens (including phenoxy) is 1. The molecule has 0 aliphatic rings. The quantitative estimate of drug-likeness (QED) is 0.659. The first-order valence-electron chi connectivity index (χ1n) is 2.98. The molecule has 0 spiro atoms. The Morgan fingerprint density at radius 2 is 2.27 bits per heavy atom. The van der Waals surface area contributed by atoms with Crippen LogP contribution in [-0.4, -0.2) is 12.2 Å². The Kier molecular flexibility index (Phi) is 2.06. The van der Waals surface area contributed by atoms with Crippen molar-refractivity contribution in [3.05, 3.63) is 23.1 Å². The van der Waals surface area contributed by atoms with Crippen LogP contribution in [0.4, 0.5) is 5.69 Å². The predicted octanol–water partition coefficient (Wildman–Crippen LogP) is 1.80. The summed E-state index contributed by atoms with van der Waals surface area (Å²) in [5, 5.41) is 11.7. The van der Waals surface area contributed by atoms with Crippen molar-refractivity contribution in [1.29, 1.82) is 0 Å². The molecule has 0 saturated heterocycles. The van der Waals surface area contributed by atoms with Crippen molar-refractivity contribution in [2.24, 2.45) is 5.18 Å². The van der Waals surface area contributed by atoms with Crippen molar-refractivity contribution in [2.75, 3.05) is 7.11 Å². The van der Waals surface area contributed by atoms with E-state index in [2.05, 4.69) is 5.18 Å². The second-order valence-electron chi connectivity index (χ2n) is 1.95. The minimum Gasteiger partial charge on any atom is -0.504 e. The summed E-state index contributed by atoms with van der Waals surface area (Å²) in [4.78, 5) is 9.96. The van der Waals surface area contributed by atoms with Gasteiger partial charge in [-0.1, -0.05) is 0 Å². The fraction of sp³-hybridized carbons (Fsp3) is 0.143. The second-order valence-corrected chi connectivity index (χ2v) is 1.95. The molecule has 0 aromatic heterocycles. The highest BCUT2D eigenvalue weighted by Crippen LogP contribution is 2.29. The van der Waals surface area contributed by atoms with Gasteiger partial charge in [0.2, 0.25) is 0 Å². The van der Waals surface area contributed by atoms with Crippen molar-refractivity contribution in [3.63, 3.8) is 0 Å². The summed E-state index contributed by atoms with van der Waals surface area (Å²) in [7, 11) is 1.43. The smallest absolute Gasteiger partial charge is 0.160 e. The molecule has 0 aliphatic heterocycles. The molecule has 0 radical (unpaired) electrons. The Bertz CT molecular complexity index is 272. The van der Waals surface area contributed by atoms with E-state index in [1.165, 1.54) is 25.3 Å². The molecule has 1 N–H and O–H groups in total. The number of methoxy groups -OCH3 is 1. The summed E-state index contributed by atoms with van der Waals surface area (Å²) >= 11 is 0. The molecule has 0 amide bonds. The lowest BCUT2D eigenvalue weighted by Crippen LogP contribution is -1.81. The van der Waals surface area contributed by atoms with Gasteiger partial charge in [0, 0.05) is 6.07 Å². The van der Waals surface area contributed by atoms with Crippen LogP contribution in [-0.2, 0) is 0 Å².